The summed E-state index contributed by atoms with van der Waals surface area (Å²) in [5.41, 5.74) is 3.70. The number of benzene rings is 2. The van der Waals surface area contributed by atoms with Crippen LogP contribution in [0.3, 0.4) is 0 Å². The molecule has 3 rings (SSSR count). The number of aromatic amines is 1. The van der Waals surface area contributed by atoms with Gasteiger partial charge in [-0.2, -0.15) is 0 Å². The zero-order chi connectivity index (χ0) is 23.5. The van der Waals surface area contributed by atoms with Crippen molar-refractivity contribution in [1.82, 2.24) is 4.98 Å². The van der Waals surface area contributed by atoms with Crippen LogP contribution in [0.2, 0.25) is 0 Å². The lowest BCUT2D eigenvalue weighted by molar-refractivity contribution is -0.142. The van der Waals surface area contributed by atoms with E-state index < -0.39 is 23.3 Å². The van der Waals surface area contributed by atoms with Crippen LogP contribution >= 0.6 is 0 Å². The first-order chi connectivity index (χ1) is 15.2. The van der Waals surface area contributed by atoms with E-state index in [-0.39, 0.29) is 0 Å². The molecular weight excluding hydrogens is 402 g/mol. The number of carbonyl (C=O) groups excluding carboxylic acids is 2. The van der Waals surface area contributed by atoms with Gasteiger partial charge in [-0.3, -0.25) is 4.79 Å². The highest BCUT2D eigenvalue weighted by molar-refractivity contribution is 6.00. The molecule has 0 saturated heterocycles. The van der Waals surface area contributed by atoms with Crippen LogP contribution in [0.25, 0.3) is 10.9 Å². The smallest absolute Gasteiger partial charge is 0.345 e. The number of H-pyrrole nitrogens is 1. The number of rotatable bonds is 7. The Hall–Kier alpha value is -3.08. The molecule has 0 fully saturated rings. The molecule has 0 saturated carbocycles. The van der Waals surface area contributed by atoms with E-state index in [0.717, 1.165) is 41.4 Å². The predicted octanol–water partition coefficient (Wildman–Crippen LogP) is 6.34. The second-order valence-electron chi connectivity index (χ2n) is 9.38. The van der Waals surface area contributed by atoms with Crippen LogP contribution in [0.5, 0.6) is 5.75 Å². The summed E-state index contributed by atoms with van der Waals surface area (Å²) in [6, 6.07) is 13.0. The number of nitrogens with one attached hydrogen (secondary N) is 1. The summed E-state index contributed by atoms with van der Waals surface area (Å²) < 4.78 is 10.8. The highest BCUT2D eigenvalue weighted by atomic mass is 16.6. The first-order valence-corrected chi connectivity index (χ1v) is 11.2. The normalized spacial score (nSPS) is 12.6. The monoisotopic (exact) mass is 435 g/mol. The summed E-state index contributed by atoms with van der Waals surface area (Å²) in [5.74, 6) is -1.10. The van der Waals surface area contributed by atoms with Gasteiger partial charge in [0.15, 0.2) is 0 Å². The molecule has 0 aliphatic carbocycles. The highest BCUT2D eigenvalue weighted by Gasteiger charge is 2.38. The van der Waals surface area contributed by atoms with Crippen LogP contribution in [0.1, 0.15) is 73.6 Å². The highest BCUT2D eigenvalue weighted by Crippen LogP contribution is 2.42. The fourth-order valence-electron chi connectivity index (χ4n) is 4.13. The van der Waals surface area contributed by atoms with Gasteiger partial charge in [0.1, 0.15) is 5.75 Å². The lowest BCUT2D eigenvalue weighted by Crippen LogP contribution is -2.30. The van der Waals surface area contributed by atoms with Gasteiger partial charge in [0.25, 0.3) is 0 Å². The number of methoxy groups -OCH3 is 1. The number of aryl methyl sites for hydroxylation is 2. The van der Waals surface area contributed by atoms with E-state index >= 15 is 0 Å². The Morgan fingerprint density at radius 2 is 1.75 bits per heavy atom. The molecule has 0 radical (unpaired) electrons. The fourth-order valence-corrected chi connectivity index (χ4v) is 4.13. The molecule has 2 aromatic carbocycles. The summed E-state index contributed by atoms with van der Waals surface area (Å²) in [7, 11) is 1.61. The van der Waals surface area contributed by atoms with Gasteiger partial charge in [0.05, 0.1) is 18.6 Å². The third-order valence-electron chi connectivity index (χ3n) is 5.84. The first kappa shape index (κ1) is 23.6. The average Bonchev–Trinajstić information content (AvgIpc) is 3.06. The van der Waals surface area contributed by atoms with Crippen LogP contribution in [-0.4, -0.2) is 24.0 Å². The predicted molar refractivity (Wildman–Crippen MR) is 127 cm³/mol. The van der Waals surface area contributed by atoms with Gasteiger partial charge in [-0.25, -0.2) is 4.79 Å². The van der Waals surface area contributed by atoms with Gasteiger partial charge in [0, 0.05) is 16.6 Å². The number of esters is 2. The standard InChI is InChI=1S/C27H33NO4/c1-7-8-9-18-10-12-19(13-11-18)25(29)32-26(30)24(27(3,4)5)23-17(2)28-22-15-14-20(31-6)16-21(22)23/h10-16,24,28H,7-9H2,1-6H3. The SMILES string of the molecule is CCCCc1ccc(C(=O)OC(=O)C(c2c(C)[nH]c3ccc(OC)cc23)C(C)(C)C)cc1. The van der Waals surface area contributed by atoms with E-state index in [4.69, 9.17) is 9.47 Å². The number of hydrogen-bond donors (Lipinski definition) is 1. The number of carbonyl (C=O) groups is 2. The molecule has 1 unspecified atom stereocenters. The zero-order valence-corrected chi connectivity index (χ0v) is 19.9. The quantitative estimate of drug-likeness (QED) is 0.347. The van der Waals surface area contributed by atoms with Crippen molar-refractivity contribution in [2.75, 3.05) is 7.11 Å². The molecule has 0 spiro atoms. The summed E-state index contributed by atoms with van der Waals surface area (Å²) in [4.78, 5) is 29.4. The van der Waals surface area contributed by atoms with Gasteiger partial charge in [-0.15, -0.1) is 0 Å². The van der Waals surface area contributed by atoms with Crippen molar-refractivity contribution in [3.8, 4) is 5.75 Å². The molecule has 1 atom stereocenters. The molecule has 0 bridgehead atoms. The molecular formula is C27H33NO4. The Kier molecular flexibility index (Phi) is 7.07. The van der Waals surface area contributed by atoms with E-state index in [1.807, 2.05) is 58.0 Å². The van der Waals surface area contributed by atoms with Gasteiger partial charge < -0.3 is 14.5 Å². The zero-order valence-electron chi connectivity index (χ0n) is 19.9. The largest absolute Gasteiger partial charge is 0.497 e. The Bertz CT molecular complexity index is 1100. The Morgan fingerprint density at radius 3 is 2.34 bits per heavy atom. The molecule has 0 amide bonds. The fraction of sp³-hybridized carbons (Fsp3) is 0.407. The number of ether oxygens (including phenoxy) is 2. The molecule has 0 aliphatic rings. The molecule has 32 heavy (non-hydrogen) atoms. The molecule has 170 valence electrons. The van der Waals surface area contributed by atoms with Crippen molar-refractivity contribution in [3.05, 3.63) is 64.8 Å². The minimum absolute atomic E-state index is 0.378. The lowest BCUT2D eigenvalue weighted by atomic mass is 9.75. The molecule has 3 aromatic rings. The second-order valence-corrected chi connectivity index (χ2v) is 9.38. The number of unbranched alkanes of at least 4 members (excludes halogenated alkanes) is 1. The lowest BCUT2D eigenvalue weighted by Gasteiger charge is -2.29. The second kappa shape index (κ2) is 9.60. The van der Waals surface area contributed by atoms with Crippen molar-refractivity contribution in [3.63, 3.8) is 0 Å². The van der Waals surface area contributed by atoms with Crippen molar-refractivity contribution in [2.45, 2.75) is 59.8 Å². The molecule has 1 N–H and O–H groups in total. The Balaban J connectivity index is 1.91. The maximum atomic E-state index is 13.3. The topological polar surface area (TPSA) is 68.4 Å². The number of hydrogen-bond acceptors (Lipinski definition) is 4. The van der Waals surface area contributed by atoms with Crippen LogP contribution in [0.4, 0.5) is 0 Å². The summed E-state index contributed by atoms with van der Waals surface area (Å²) in [5, 5.41) is 0.895. The van der Waals surface area contributed by atoms with Gasteiger partial charge >= 0.3 is 11.9 Å². The van der Waals surface area contributed by atoms with Crippen LogP contribution in [-0.2, 0) is 16.0 Å². The van der Waals surface area contributed by atoms with Crippen molar-refractivity contribution in [2.24, 2.45) is 5.41 Å². The van der Waals surface area contributed by atoms with Gasteiger partial charge in [0.2, 0.25) is 0 Å². The Labute approximate surface area is 190 Å². The molecule has 1 heterocycles. The number of aromatic nitrogens is 1. The van der Waals surface area contributed by atoms with Crippen molar-refractivity contribution >= 4 is 22.8 Å². The van der Waals surface area contributed by atoms with Crippen molar-refractivity contribution in [1.29, 1.82) is 0 Å². The van der Waals surface area contributed by atoms with Crippen LogP contribution in [0, 0.1) is 12.3 Å². The molecule has 0 aliphatic heterocycles. The van der Waals surface area contributed by atoms with E-state index in [0.29, 0.717) is 11.3 Å². The van der Waals surface area contributed by atoms with Crippen LogP contribution in [0.15, 0.2) is 42.5 Å². The van der Waals surface area contributed by atoms with Gasteiger partial charge in [-0.05, 0) is 66.6 Å². The third-order valence-corrected chi connectivity index (χ3v) is 5.84. The van der Waals surface area contributed by atoms with E-state index in [9.17, 15) is 9.59 Å². The summed E-state index contributed by atoms with van der Waals surface area (Å²) in [6.45, 7) is 10.0. The maximum absolute atomic E-state index is 13.3. The molecule has 1 aromatic heterocycles. The third kappa shape index (κ3) is 5.04. The van der Waals surface area contributed by atoms with Crippen molar-refractivity contribution < 1.29 is 19.1 Å². The summed E-state index contributed by atoms with van der Waals surface area (Å²) in [6.07, 6.45) is 3.19. The van der Waals surface area contributed by atoms with E-state index in [2.05, 4.69) is 11.9 Å². The molecule has 5 nitrogen and oxygen atoms in total. The van der Waals surface area contributed by atoms with Crippen LogP contribution < -0.4 is 4.74 Å². The molecule has 5 heteroatoms. The minimum Gasteiger partial charge on any atom is -0.497 e. The number of fused-ring (bicyclic) bond motifs is 1. The maximum Gasteiger partial charge on any atom is 0.345 e. The van der Waals surface area contributed by atoms with E-state index in [1.54, 1.807) is 19.2 Å². The minimum atomic E-state index is -0.629. The Morgan fingerprint density at radius 1 is 1.06 bits per heavy atom. The van der Waals surface area contributed by atoms with Gasteiger partial charge in [-0.1, -0.05) is 46.2 Å². The van der Waals surface area contributed by atoms with E-state index in [1.165, 1.54) is 5.56 Å². The average molecular weight is 436 g/mol. The summed E-state index contributed by atoms with van der Waals surface area (Å²) >= 11 is 0. The first-order valence-electron chi connectivity index (χ1n) is 11.2.